The molecule has 0 aliphatic carbocycles. The third kappa shape index (κ3) is 4.91. The van der Waals surface area contributed by atoms with E-state index in [1.54, 1.807) is 6.21 Å². The predicted molar refractivity (Wildman–Crippen MR) is 95.7 cm³/mol. The molecule has 6 heteroatoms. The maximum Gasteiger partial charge on any atom is 0.236 e. The van der Waals surface area contributed by atoms with Gasteiger partial charge in [-0.2, -0.15) is 5.10 Å². The van der Waals surface area contributed by atoms with Crippen LogP contribution in [0.1, 0.15) is 30.9 Å². The van der Waals surface area contributed by atoms with Gasteiger partial charge in [-0.25, -0.2) is 0 Å². The Labute approximate surface area is 141 Å². The fourth-order valence-electron chi connectivity index (χ4n) is 2.78. The van der Waals surface area contributed by atoms with Crippen LogP contribution in [0.3, 0.4) is 0 Å². The minimum absolute atomic E-state index is 0.0122. The normalized spacial score (nSPS) is 22.1. The zero-order valence-electron chi connectivity index (χ0n) is 13.4. The summed E-state index contributed by atoms with van der Waals surface area (Å²) in [6.45, 7) is 5.70. The van der Waals surface area contributed by atoms with Crippen LogP contribution in [-0.2, 0) is 11.3 Å². The molecule has 1 aromatic carbocycles. The van der Waals surface area contributed by atoms with Crippen LogP contribution < -0.4 is 5.32 Å². The summed E-state index contributed by atoms with van der Waals surface area (Å²) in [5.41, 5.74) is 2.34. The Morgan fingerprint density at radius 2 is 2.22 bits per heavy atom. The van der Waals surface area contributed by atoms with Crippen LogP contribution in [0.15, 0.2) is 34.5 Å². The molecule has 0 aromatic heterocycles. The SMILES string of the molecule is CC1CCN(Cc2cccc(C=NN=C3NC(=O)CS3)c2)CC1. The van der Waals surface area contributed by atoms with Gasteiger partial charge in [0.2, 0.25) is 5.91 Å². The summed E-state index contributed by atoms with van der Waals surface area (Å²) in [6.07, 6.45) is 4.32. The molecule has 3 rings (SSSR count). The fourth-order valence-corrected chi connectivity index (χ4v) is 3.41. The molecule has 0 bridgehead atoms. The first kappa shape index (κ1) is 16.2. The molecule has 5 nitrogen and oxygen atoms in total. The van der Waals surface area contributed by atoms with Crippen molar-refractivity contribution in [3.63, 3.8) is 0 Å². The Balaban J connectivity index is 1.57. The molecule has 2 fully saturated rings. The number of carbonyl (C=O) groups is 1. The summed E-state index contributed by atoms with van der Waals surface area (Å²) in [5, 5.41) is 11.3. The lowest BCUT2D eigenvalue weighted by Crippen LogP contribution is -2.32. The number of benzene rings is 1. The first-order chi connectivity index (χ1) is 11.2. The highest BCUT2D eigenvalue weighted by atomic mass is 32.2. The lowest BCUT2D eigenvalue weighted by molar-refractivity contribution is -0.116. The predicted octanol–water partition coefficient (Wildman–Crippen LogP) is 2.47. The summed E-state index contributed by atoms with van der Waals surface area (Å²) in [7, 11) is 0. The minimum Gasteiger partial charge on any atom is -0.303 e. The zero-order valence-corrected chi connectivity index (χ0v) is 14.2. The first-order valence-electron chi connectivity index (χ1n) is 8.04. The van der Waals surface area contributed by atoms with E-state index in [1.807, 2.05) is 6.07 Å². The van der Waals surface area contributed by atoms with Crippen LogP contribution in [0, 0.1) is 5.92 Å². The molecule has 2 heterocycles. The number of nitrogens with one attached hydrogen (secondary N) is 1. The standard InChI is InChI=1S/C17H22N4OS/c1-13-5-7-21(8-6-13)11-15-4-2-3-14(9-15)10-18-20-17-19-16(22)12-23-17/h2-4,9-10,13H,5-8,11-12H2,1H3,(H,19,20,22). The van der Waals surface area contributed by atoms with Gasteiger partial charge >= 0.3 is 0 Å². The Bertz CT molecular complexity index is 621. The molecule has 1 aromatic rings. The average Bonchev–Trinajstić information content (AvgIpc) is 2.96. The van der Waals surface area contributed by atoms with E-state index >= 15 is 0 Å². The lowest BCUT2D eigenvalue weighted by Gasteiger charge is -2.30. The smallest absolute Gasteiger partial charge is 0.236 e. The van der Waals surface area contributed by atoms with Gasteiger partial charge in [-0.3, -0.25) is 9.69 Å². The van der Waals surface area contributed by atoms with Crippen LogP contribution in [0.2, 0.25) is 0 Å². The van der Waals surface area contributed by atoms with Crippen molar-refractivity contribution in [3.8, 4) is 0 Å². The van der Waals surface area contributed by atoms with Gasteiger partial charge in [0.25, 0.3) is 0 Å². The monoisotopic (exact) mass is 330 g/mol. The molecule has 1 N–H and O–H groups in total. The quantitative estimate of drug-likeness (QED) is 0.681. The van der Waals surface area contributed by atoms with E-state index in [2.05, 4.69) is 45.5 Å². The number of hydrogen-bond donors (Lipinski definition) is 1. The van der Waals surface area contributed by atoms with E-state index in [0.717, 1.165) is 18.0 Å². The summed E-state index contributed by atoms with van der Waals surface area (Å²) >= 11 is 1.38. The van der Waals surface area contributed by atoms with Gasteiger partial charge in [0.1, 0.15) is 0 Å². The highest BCUT2D eigenvalue weighted by Crippen LogP contribution is 2.18. The molecule has 2 saturated heterocycles. The van der Waals surface area contributed by atoms with Gasteiger partial charge in [-0.15, -0.1) is 5.10 Å². The average molecular weight is 330 g/mol. The maximum absolute atomic E-state index is 11.1. The molecular weight excluding hydrogens is 308 g/mol. The highest BCUT2D eigenvalue weighted by Gasteiger charge is 2.16. The lowest BCUT2D eigenvalue weighted by atomic mass is 9.99. The van der Waals surface area contributed by atoms with Crippen molar-refractivity contribution in [2.45, 2.75) is 26.3 Å². The molecule has 122 valence electrons. The second-order valence-electron chi connectivity index (χ2n) is 6.19. The summed E-state index contributed by atoms with van der Waals surface area (Å²) in [5.74, 6) is 1.28. The number of likely N-dealkylation sites (tertiary alicyclic amines) is 1. The third-order valence-electron chi connectivity index (χ3n) is 4.18. The second kappa shape index (κ2) is 7.75. The third-order valence-corrected chi connectivity index (χ3v) is 5.04. The van der Waals surface area contributed by atoms with Crippen LogP contribution >= 0.6 is 11.8 Å². The van der Waals surface area contributed by atoms with Crippen molar-refractivity contribution < 1.29 is 4.79 Å². The number of hydrogen-bond acceptors (Lipinski definition) is 5. The van der Waals surface area contributed by atoms with Gasteiger partial charge in [0.15, 0.2) is 5.17 Å². The van der Waals surface area contributed by atoms with Crippen LogP contribution in [0.4, 0.5) is 0 Å². The number of carbonyl (C=O) groups excluding carboxylic acids is 1. The topological polar surface area (TPSA) is 57.1 Å². The van der Waals surface area contributed by atoms with Crippen LogP contribution in [0.5, 0.6) is 0 Å². The fraction of sp³-hybridized carbons (Fsp3) is 0.471. The van der Waals surface area contributed by atoms with Crippen LogP contribution in [0.25, 0.3) is 0 Å². The number of piperidine rings is 1. The Hall–Kier alpha value is -1.66. The van der Waals surface area contributed by atoms with Crippen molar-refractivity contribution in [3.05, 3.63) is 35.4 Å². The van der Waals surface area contributed by atoms with Crippen molar-refractivity contribution in [2.75, 3.05) is 18.8 Å². The number of nitrogens with zero attached hydrogens (tertiary/aromatic N) is 3. The molecule has 0 saturated carbocycles. The second-order valence-corrected chi connectivity index (χ2v) is 7.15. The largest absolute Gasteiger partial charge is 0.303 e. The molecule has 23 heavy (non-hydrogen) atoms. The molecule has 1 amide bonds. The van der Waals surface area contributed by atoms with Gasteiger partial charge < -0.3 is 5.32 Å². The summed E-state index contributed by atoms with van der Waals surface area (Å²) in [6, 6.07) is 8.39. The molecular formula is C17H22N4OS. The van der Waals surface area contributed by atoms with Gasteiger partial charge in [0, 0.05) is 6.54 Å². The van der Waals surface area contributed by atoms with E-state index in [0.29, 0.717) is 10.9 Å². The molecule has 0 atom stereocenters. The summed E-state index contributed by atoms with van der Waals surface area (Å²) < 4.78 is 0. The number of amidine groups is 1. The summed E-state index contributed by atoms with van der Waals surface area (Å²) in [4.78, 5) is 13.6. The van der Waals surface area contributed by atoms with E-state index in [9.17, 15) is 4.79 Å². The Kier molecular flexibility index (Phi) is 5.46. The molecule has 0 radical (unpaired) electrons. The molecule has 0 spiro atoms. The van der Waals surface area contributed by atoms with E-state index in [1.165, 1.54) is 43.3 Å². The number of rotatable bonds is 4. The maximum atomic E-state index is 11.1. The zero-order chi connectivity index (χ0) is 16.1. The van der Waals surface area contributed by atoms with E-state index < -0.39 is 0 Å². The highest BCUT2D eigenvalue weighted by molar-refractivity contribution is 8.15. The molecule has 0 unspecified atom stereocenters. The van der Waals surface area contributed by atoms with E-state index in [-0.39, 0.29) is 5.91 Å². The minimum atomic E-state index is -0.0122. The van der Waals surface area contributed by atoms with Gasteiger partial charge in [-0.05, 0) is 49.0 Å². The van der Waals surface area contributed by atoms with Crippen molar-refractivity contribution in [2.24, 2.45) is 16.1 Å². The molecule has 2 aliphatic heterocycles. The van der Waals surface area contributed by atoms with Crippen LogP contribution in [-0.4, -0.2) is 41.0 Å². The number of thioether (sulfide) groups is 1. The van der Waals surface area contributed by atoms with Gasteiger partial charge in [0.05, 0.1) is 12.0 Å². The van der Waals surface area contributed by atoms with Crippen molar-refractivity contribution >= 4 is 29.1 Å². The van der Waals surface area contributed by atoms with Crippen molar-refractivity contribution in [1.29, 1.82) is 0 Å². The van der Waals surface area contributed by atoms with Crippen molar-refractivity contribution in [1.82, 2.24) is 10.2 Å². The van der Waals surface area contributed by atoms with Gasteiger partial charge in [-0.1, -0.05) is 36.9 Å². The Morgan fingerprint density at radius 3 is 2.96 bits per heavy atom. The first-order valence-corrected chi connectivity index (χ1v) is 9.02. The number of amides is 1. The Morgan fingerprint density at radius 1 is 1.39 bits per heavy atom. The molecule has 2 aliphatic rings. The van der Waals surface area contributed by atoms with E-state index in [4.69, 9.17) is 0 Å².